The third-order valence-corrected chi connectivity index (χ3v) is 6.09. The highest BCUT2D eigenvalue weighted by Crippen LogP contribution is 2.32. The molecule has 3 rings (SSSR count). The Morgan fingerprint density at radius 3 is 2.63 bits per heavy atom. The lowest BCUT2D eigenvalue weighted by Crippen LogP contribution is -2.33. The van der Waals surface area contributed by atoms with Crippen molar-refractivity contribution in [1.82, 2.24) is 5.32 Å². The van der Waals surface area contributed by atoms with Gasteiger partial charge in [0.25, 0.3) is 0 Å². The maximum absolute atomic E-state index is 11.4. The van der Waals surface area contributed by atoms with E-state index < -0.39 is 9.84 Å². The molecule has 0 aromatic heterocycles. The monoisotopic (exact) mass is 449 g/mol. The topological polar surface area (TPSA) is 89.0 Å². The van der Waals surface area contributed by atoms with Crippen molar-refractivity contribution in [1.29, 1.82) is 0 Å². The van der Waals surface area contributed by atoms with Crippen molar-refractivity contribution < 1.29 is 17.9 Å². The van der Waals surface area contributed by atoms with Gasteiger partial charge in [0, 0.05) is 41.6 Å². The number of benzene rings is 2. The van der Waals surface area contributed by atoms with Crippen molar-refractivity contribution in [2.45, 2.75) is 11.3 Å². The zero-order valence-electron chi connectivity index (χ0n) is 17.0. The number of fused-ring (bicyclic) bond motifs is 1. The number of sulfone groups is 1. The first kappa shape index (κ1) is 22.3. The molecule has 7 nitrogen and oxygen atoms in total. The Balaban J connectivity index is 1.61. The van der Waals surface area contributed by atoms with Gasteiger partial charge in [-0.2, -0.15) is 0 Å². The van der Waals surface area contributed by atoms with Gasteiger partial charge in [-0.05, 0) is 24.3 Å². The first-order valence-electron chi connectivity index (χ1n) is 9.80. The molecule has 0 amide bonds. The van der Waals surface area contributed by atoms with Gasteiger partial charge in [-0.3, -0.25) is 4.99 Å². The van der Waals surface area contributed by atoms with Crippen LogP contribution in [0.2, 0.25) is 0 Å². The van der Waals surface area contributed by atoms with E-state index >= 15 is 0 Å². The summed E-state index contributed by atoms with van der Waals surface area (Å²) in [6.45, 7) is 2.11. The molecule has 2 aromatic rings. The summed E-state index contributed by atoms with van der Waals surface area (Å²) in [6, 6.07) is 15.8. The Morgan fingerprint density at radius 2 is 1.87 bits per heavy atom. The van der Waals surface area contributed by atoms with Crippen LogP contribution >= 0.6 is 11.8 Å². The van der Waals surface area contributed by atoms with Crippen LogP contribution in [0.5, 0.6) is 11.5 Å². The predicted molar refractivity (Wildman–Crippen MR) is 123 cm³/mol. The third kappa shape index (κ3) is 7.79. The van der Waals surface area contributed by atoms with E-state index in [9.17, 15) is 8.42 Å². The van der Waals surface area contributed by atoms with Crippen molar-refractivity contribution in [3.63, 3.8) is 0 Å². The zero-order valence-corrected chi connectivity index (χ0v) is 18.6. The summed E-state index contributed by atoms with van der Waals surface area (Å²) in [5.41, 5.74) is 0.792. The number of rotatable bonds is 8. The Bertz CT molecular complexity index is 950. The van der Waals surface area contributed by atoms with Gasteiger partial charge in [-0.15, -0.1) is 11.8 Å². The Hall–Kier alpha value is -2.39. The number of nitrogens with one attached hydrogen (secondary N) is 2. The first-order chi connectivity index (χ1) is 14.5. The van der Waals surface area contributed by atoms with Gasteiger partial charge in [0.2, 0.25) is 0 Å². The SMILES string of the molecule is CS(=O)(=O)CCN=C(NCCSc1ccccc1)Nc1ccc2c(c1)OCCCO2. The molecule has 2 aromatic carbocycles. The van der Waals surface area contributed by atoms with Gasteiger partial charge in [-0.25, -0.2) is 8.42 Å². The molecule has 1 heterocycles. The molecule has 2 N–H and O–H groups in total. The number of thioether (sulfide) groups is 1. The van der Waals surface area contributed by atoms with E-state index in [1.165, 1.54) is 11.2 Å². The maximum Gasteiger partial charge on any atom is 0.195 e. The number of guanidine groups is 1. The second-order valence-electron chi connectivity index (χ2n) is 6.79. The van der Waals surface area contributed by atoms with E-state index in [1.54, 1.807) is 11.8 Å². The molecule has 1 aliphatic rings. The Kier molecular flexibility index (Phi) is 8.27. The molecular formula is C21H27N3O4S2. The van der Waals surface area contributed by atoms with Gasteiger partial charge >= 0.3 is 0 Å². The molecule has 9 heteroatoms. The minimum atomic E-state index is -3.07. The summed E-state index contributed by atoms with van der Waals surface area (Å²) in [5, 5.41) is 6.50. The van der Waals surface area contributed by atoms with E-state index in [0.29, 0.717) is 31.5 Å². The number of aliphatic imine (C=N–C) groups is 1. The molecule has 0 saturated carbocycles. The van der Waals surface area contributed by atoms with Crippen LogP contribution in [-0.4, -0.2) is 58.4 Å². The number of nitrogens with zero attached hydrogens (tertiary/aromatic N) is 1. The average molecular weight is 450 g/mol. The summed E-state index contributed by atoms with van der Waals surface area (Å²) in [5.74, 6) is 2.78. The molecule has 0 aliphatic carbocycles. The van der Waals surface area contributed by atoms with Gasteiger partial charge in [0.15, 0.2) is 17.5 Å². The maximum atomic E-state index is 11.4. The van der Waals surface area contributed by atoms with Crippen LogP contribution in [0.3, 0.4) is 0 Å². The standard InChI is InChI=1S/C21H27N3O4S2/c1-30(25,26)15-11-23-21(22-10-14-29-18-6-3-2-4-7-18)24-17-8-9-19-20(16-17)28-13-5-12-27-19/h2-4,6-9,16H,5,10-15H2,1H3,(H2,22,23,24). The van der Waals surface area contributed by atoms with Crippen LogP contribution in [0.15, 0.2) is 58.4 Å². The highest BCUT2D eigenvalue weighted by molar-refractivity contribution is 7.99. The summed E-state index contributed by atoms with van der Waals surface area (Å²) < 4.78 is 34.3. The minimum Gasteiger partial charge on any atom is -0.490 e. The van der Waals surface area contributed by atoms with Crippen molar-refractivity contribution in [3.8, 4) is 11.5 Å². The van der Waals surface area contributed by atoms with Gasteiger partial charge in [-0.1, -0.05) is 18.2 Å². The zero-order chi connectivity index (χ0) is 21.2. The van der Waals surface area contributed by atoms with Crippen LogP contribution in [0.1, 0.15) is 6.42 Å². The fraction of sp³-hybridized carbons (Fsp3) is 0.381. The first-order valence-corrected chi connectivity index (χ1v) is 12.8. The smallest absolute Gasteiger partial charge is 0.195 e. The van der Waals surface area contributed by atoms with Crippen molar-refractivity contribution in [2.75, 3.05) is 49.4 Å². The number of hydrogen-bond acceptors (Lipinski definition) is 6. The molecule has 162 valence electrons. The van der Waals surface area contributed by atoms with E-state index in [4.69, 9.17) is 9.47 Å². The number of hydrogen-bond donors (Lipinski definition) is 2. The molecule has 0 radical (unpaired) electrons. The highest BCUT2D eigenvalue weighted by Gasteiger charge is 2.11. The lowest BCUT2D eigenvalue weighted by atomic mass is 10.3. The summed E-state index contributed by atoms with van der Waals surface area (Å²) >= 11 is 1.74. The molecule has 0 atom stereocenters. The summed E-state index contributed by atoms with van der Waals surface area (Å²) in [7, 11) is -3.07. The number of ether oxygens (including phenoxy) is 2. The minimum absolute atomic E-state index is 0.000234. The second kappa shape index (κ2) is 11.1. The van der Waals surface area contributed by atoms with E-state index in [1.807, 2.05) is 36.4 Å². The third-order valence-electron chi connectivity index (χ3n) is 4.15. The Morgan fingerprint density at radius 1 is 1.10 bits per heavy atom. The van der Waals surface area contributed by atoms with Gasteiger partial charge < -0.3 is 20.1 Å². The highest BCUT2D eigenvalue weighted by atomic mass is 32.2. The summed E-state index contributed by atoms with van der Waals surface area (Å²) in [6.07, 6.45) is 2.06. The lowest BCUT2D eigenvalue weighted by molar-refractivity contribution is 0.297. The van der Waals surface area contributed by atoms with Crippen LogP contribution in [0.4, 0.5) is 5.69 Å². The second-order valence-corrected chi connectivity index (χ2v) is 10.2. The predicted octanol–water partition coefficient (Wildman–Crippen LogP) is 3.04. The molecular weight excluding hydrogens is 422 g/mol. The quantitative estimate of drug-likeness (QED) is 0.277. The number of anilines is 1. The molecule has 0 fully saturated rings. The van der Waals surface area contributed by atoms with Crippen LogP contribution in [0, 0.1) is 0 Å². The molecule has 0 spiro atoms. The fourth-order valence-electron chi connectivity index (χ4n) is 2.70. The molecule has 1 aliphatic heterocycles. The Labute approximate surface area is 182 Å². The molecule has 0 unspecified atom stereocenters. The normalized spacial score (nSPS) is 14.1. The van der Waals surface area contributed by atoms with Crippen LogP contribution in [0.25, 0.3) is 0 Å². The van der Waals surface area contributed by atoms with E-state index in [-0.39, 0.29) is 12.3 Å². The van der Waals surface area contributed by atoms with Gasteiger partial charge in [0.1, 0.15) is 9.84 Å². The van der Waals surface area contributed by atoms with Crippen molar-refractivity contribution in [3.05, 3.63) is 48.5 Å². The summed E-state index contributed by atoms with van der Waals surface area (Å²) in [4.78, 5) is 5.61. The van der Waals surface area contributed by atoms with Crippen LogP contribution in [-0.2, 0) is 9.84 Å². The largest absolute Gasteiger partial charge is 0.490 e. The van der Waals surface area contributed by atoms with E-state index in [2.05, 4.69) is 27.8 Å². The molecule has 0 bridgehead atoms. The van der Waals surface area contributed by atoms with Crippen LogP contribution < -0.4 is 20.1 Å². The average Bonchev–Trinajstić information content (AvgIpc) is 2.96. The van der Waals surface area contributed by atoms with Gasteiger partial charge in [0.05, 0.1) is 25.5 Å². The van der Waals surface area contributed by atoms with E-state index in [0.717, 1.165) is 23.6 Å². The fourth-order valence-corrected chi connectivity index (χ4v) is 3.91. The molecule has 0 saturated heterocycles. The molecule has 30 heavy (non-hydrogen) atoms. The van der Waals surface area contributed by atoms with Crippen molar-refractivity contribution in [2.24, 2.45) is 4.99 Å². The van der Waals surface area contributed by atoms with Crippen molar-refractivity contribution >= 4 is 33.2 Å². The lowest BCUT2D eigenvalue weighted by Gasteiger charge is -2.14.